The highest BCUT2D eigenvalue weighted by molar-refractivity contribution is 5.98. The zero-order valence-electron chi connectivity index (χ0n) is 16.8. The predicted molar refractivity (Wildman–Crippen MR) is 111 cm³/mol. The van der Waals surface area contributed by atoms with E-state index in [9.17, 15) is 14.4 Å². The van der Waals surface area contributed by atoms with Crippen LogP contribution in [0.1, 0.15) is 53.8 Å². The smallest absolute Gasteiger partial charge is 0.265 e. The molecule has 152 valence electrons. The number of carbonyl (C=O) groups excluding carboxylic acids is 3. The minimum absolute atomic E-state index is 0.00820. The molecule has 2 aromatic rings. The SMILES string of the molecule is CC(=O)c1cccc(OC(C)C(=O)Nc2cccc(C(=O)N3CCCCC3)c2)c1. The molecule has 3 rings (SSSR count). The Morgan fingerprint density at radius 2 is 1.66 bits per heavy atom. The second kappa shape index (κ2) is 9.37. The van der Waals surface area contributed by atoms with Crippen molar-refractivity contribution in [3.63, 3.8) is 0 Å². The average molecular weight is 394 g/mol. The minimum Gasteiger partial charge on any atom is -0.481 e. The molecule has 1 aliphatic rings. The highest BCUT2D eigenvalue weighted by Crippen LogP contribution is 2.18. The van der Waals surface area contributed by atoms with Gasteiger partial charge >= 0.3 is 0 Å². The molecular weight excluding hydrogens is 368 g/mol. The van der Waals surface area contributed by atoms with Gasteiger partial charge in [0.15, 0.2) is 11.9 Å². The number of ketones is 1. The zero-order chi connectivity index (χ0) is 20.8. The quantitative estimate of drug-likeness (QED) is 0.754. The van der Waals surface area contributed by atoms with E-state index < -0.39 is 6.10 Å². The maximum absolute atomic E-state index is 12.7. The number of Topliss-reactive ketones (excluding diaryl/α,β-unsaturated/α-hetero) is 1. The Bertz CT molecular complexity index is 903. The lowest BCUT2D eigenvalue weighted by molar-refractivity contribution is -0.122. The molecule has 1 fully saturated rings. The third-order valence-electron chi connectivity index (χ3n) is 4.94. The number of benzene rings is 2. The number of hydrogen-bond acceptors (Lipinski definition) is 4. The molecule has 0 aliphatic carbocycles. The average Bonchev–Trinajstić information content (AvgIpc) is 2.74. The molecule has 1 atom stereocenters. The van der Waals surface area contributed by atoms with E-state index in [2.05, 4.69) is 5.32 Å². The van der Waals surface area contributed by atoms with Crippen LogP contribution in [-0.2, 0) is 4.79 Å². The fourth-order valence-corrected chi connectivity index (χ4v) is 3.30. The first-order valence-electron chi connectivity index (χ1n) is 9.92. The summed E-state index contributed by atoms with van der Waals surface area (Å²) in [5.41, 5.74) is 1.64. The van der Waals surface area contributed by atoms with Crippen molar-refractivity contribution in [3.8, 4) is 5.75 Å². The fraction of sp³-hybridized carbons (Fsp3) is 0.348. The highest BCUT2D eigenvalue weighted by Gasteiger charge is 2.20. The standard InChI is InChI=1S/C23H26N2O4/c1-16(26)18-8-7-11-21(15-18)29-17(2)22(27)24-20-10-6-9-19(14-20)23(28)25-12-4-3-5-13-25/h6-11,14-15,17H,3-5,12-13H2,1-2H3,(H,24,27). The number of likely N-dealkylation sites (tertiary alicyclic amines) is 1. The molecule has 1 aliphatic heterocycles. The maximum atomic E-state index is 12.7. The molecule has 0 aromatic heterocycles. The molecule has 2 amide bonds. The molecule has 2 aromatic carbocycles. The van der Waals surface area contributed by atoms with E-state index in [0.29, 0.717) is 22.6 Å². The second-order valence-corrected chi connectivity index (χ2v) is 7.27. The Hall–Kier alpha value is -3.15. The molecule has 0 spiro atoms. The van der Waals surface area contributed by atoms with E-state index in [1.165, 1.54) is 6.92 Å². The zero-order valence-corrected chi connectivity index (χ0v) is 16.8. The summed E-state index contributed by atoms with van der Waals surface area (Å²) >= 11 is 0. The molecule has 0 saturated carbocycles. The van der Waals surface area contributed by atoms with E-state index in [0.717, 1.165) is 32.4 Å². The van der Waals surface area contributed by atoms with Gasteiger partial charge in [-0.1, -0.05) is 18.2 Å². The lowest BCUT2D eigenvalue weighted by Gasteiger charge is -2.26. The number of anilines is 1. The summed E-state index contributed by atoms with van der Waals surface area (Å²) in [6.07, 6.45) is 2.45. The van der Waals surface area contributed by atoms with Crippen LogP contribution >= 0.6 is 0 Å². The number of rotatable bonds is 6. The van der Waals surface area contributed by atoms with E-state index in [-0.39, 0.29) is 17.6 Å². The number of nitrogens with one attached hydrogen (secondary N) is 1. The van der Waals surface area contributed by atoms with Gasteiger partial charge in [-0.2, -0.15) is 0 Å². The van der Waals surface area contributed by atoms with Gasteiger partial charge in [0, 0.05) is 29.9 Å². The Balaban J connectivity index is 1.63. The summed E-state index contributed by atoms with van der Waals surface area (Å²) < 4.78 is 5.67. The number of ether oxygens (including phenoxy) is 1. The molecule has 1 saturated heterocycles. The van der Waals surface area contributed by atoms with Crippen molar-refractivity contribution >= 4 is 23.3 Å². The van der Waals surface area contributed by atoms with Gasteiger partial charge in [-0.15, -0.1) is 0 Å². The summed E-state index contributed by atoms with van der Waals surface area (Å²) in [6.45, 7) is 4.67. The summed E-state index contributed by atoms with van der Waals surface area (Å²) in [5.74, 6) is 0.0454. The topological polar surface area (TPSA) is 75.7 Å². The fourth-order valence-electron chi connectivity index (χ4n) is 3.30. The minimum atomic E-state index is -0.765. The first-order chi connectivity index (χ1) is 13.9. The molecule has 0 bridgehead atoms. The van der Waals surface area contributed by atoms with Gasteiger partial charge in [0.05, 0.1) is 0 Å². The Morgan fingerprint density at radius 1 is 0.966 bits per heavy atom. The lowest BCUT2D eigenvalue weighted by Crippen LogP contribution is -2.35. The molecule has 29 heavy (non-hydrogen) atoms. The van der Waals surface area contributed by atoms with Crippen LogP contribution in [0.5, 0.6) is 5.75 Å². The molecule has 1 unspecified atom stereocenters. The Labute approximate surface area is 170 Å². The van der Waals surface area contributed by atoms with Gasteiger partial charge in [0.25, 0.3) is 11.8 Å². The number of amides is 2. The maximum Gasteiger partial charge on any atom is 0.265 e. The highest BCUT2D eigenvalue weighted by atomic mass is 16.5. The van der Waals surface area contributed by atoms with Gasteiger partial charge in [-0.05, 0) is 63.4 Å². The van der Waals surface area contributed by atoms with Crippen LogP contribution in [0.4, 0.5) is 5.69 Å². The van der Waals surface area contributed by atoms with Gasteiger partial charge in [-0.25, -0.2) is 0 Å². The van der Waals surface area contributed by atoms with Gasteiger partial charge in [-0.3, -0.25) is 14.4 Å². The number of piperidine rings is 1. The van der Waals surface area contributed by atoms with Crippen molar-refractivity contribution in [1.82, 2.24) is 4.90 Å². The van der Waals surface area contributed by atoms with Crippen molar-refractivity contribution in [3.05, 3.63) is 59.7 Å². The number of nitrogens with zero attached hydrogens (tertiary/aromatic N) is 1. The summed E-state index contributed by atoms with van der Waals surface area (Å²) in [7, 11) is 0. The monoisotopic (exact) mass is 394 g/mol. The summed E-state index contributed by atoms with van der Waals surface area (Å²) in [5, 5.41) is 2.80. The molecule has 6 heteroatoms. The molecular formula is C23H26N2O4. The Kier molecular flexibility index (Phi) is 6.65. The van der Waals surface area contributed by atoms with E-state index >= 15 is 0 Å². The van der Waals surface area contributed by atoms with Gasteiger partial charge in [0.2, 0.25) is 0 Å². The van der Waals surface area contributed by atoms with Crippen molar-refractivity contribution in [2.45, 2.75) is 39.2 Å². The summed E-state index contributed by atoms with van der Waals surface area (Å²) in [4.78, 5) is 38.5. The molecule has 1 N–H and O–H groups in total. The van der Waals surface area contributed by atoms with Crippen LogP contribution in [0.25, 0.3) is 0 Å². The summed E-state index contributed by atoms with van der Waals surface area (Å²) in [6, 6.07) is 13.7. The van der Waals surface area contributed by atoms with Crippen molar-refractivity contribution in [2.75, 3.05) is 18.4 Å². The van der Waals surface area contributed by atoms with Crippen LogP contribution in [0.2, 0.25) is 0 Å². The second-order valence-electron chi connectivity index (χ2n) is 7.27. The van der Waals surface area contributed by atoms with Crippen LogP contribution in [0, 0.1) is 0 Å². The van der Waals surface area contributed by atoms with Crippen LogP contribution < -0.4 is 10.1 Å². The van der Waals surface area contributed by atoms with Gasteiger partial charge < -0.3 is 15.0 Å². The van der Waals surface area contributed by atoms with Crippen molar-refractivity contribution in [1.29, 1.82) is 0 Å². The van der Waals surface area contributed by atoms with E-state index in [1.54, 1.807) is 55.5 Å². The Morgan fingerprint density at radius 3 is 2.38 bits per heavy atom. The molecule has 1 heterocycles. The largest absolute Gasteiger partial charge is 0.481 e. The first-order valence-corrected chi connectivity index (χ1v) is 9.92. The third-order valence-corrected chi connectivity index (χ3v) is 4.94. The molecule has 6 nitrogen and oxygen atoms in total. The van der Waals surface area contributed by atoms with E-state index in [4.69, 9.17) is 4.74 Å². The van der Waals surface area contributed by atoms with Crippen LogP contribution in [0.3, 0.4) is 0 Å². The first kappa shape index (κ1) is 20.6. The van der Waals surface area contributed by atoms with Crippen molar-refractivity contribution in [2.24, 2.45) is 0 Å². The number of hydrogen-bond donors (Lipinski definition) is 1. The normalized spacial score (nSPS) is 14.8. The molecule has 0 radical (unpaired) electrons. The lowest BCUT2D eigenvalue weighted by atomic mass is 10.1. The van der Waals surface area contributed by atoms with Crippen molar-refractivity contribution < 1.29 is 19.1 Å². The van der Waals surface area contributed by atoms with Crippen LogP contribution in [-0.4, -0.2) is 41.7 Å². The van der Waals surface area contributed by atoms with E-state index in [1.807, 2.05) is 4.90 Å². The van der Waals surface area contributed by atoms with Crippen LogP contribution in [0.15, 0.2) is 48.5 Å². The number of carbonyl (C=O) groups is 3. The van der Waals surface area contributed by atoms with Gasteiger partial charge in [0.1, 0.15) is 5.75 Å². The third kappa shape index (κ3) is 5.44. The predicted octanol–water partition coefficient (Wildman–Crippen LogP) is 3.92.